The first-order valence-electron chi connectivity index (χ1n) is 16.8. The predicted octanol–water partition coefficient (Wildman–Crippen LogP) is 1.98. The number of aliphatic hydroxyl groups excluding tert-OH is 9. The van der Waals surface area contributed by atoms with Gasteiger partial charge in [-0.25, -0.2) is 0 Å². The van der Waals surface area contributed by atoms with E-state index in [2.05, 4.69) is 4.99 Å². The van der Waals surface area contributed by atoms with Crippen molar-refractivity contribution < 1.29 is 50.8 Å². The summed E-state index contributed by atoms with van der Waals surface area (Å²) in [5.74, 6) is -0.307. The Bertz CT molecular complexity index is 1030. The lowest BCUT2D eigenvalue weighted by molar-refractivity contribution is -0.124. The van der Waals surface area contributed by atoms with Gasteiger partial charge in [-0.2, -0.15) is 0 Å². The van der Waals surface area contributed by atoms with Crippen molar-refractivity contribution in [2.45, 2.75) is 139 Å². The predicted molar refractivity (Wildman–Crippen MR) is 182 cm³/mol. The molecule has 11 heteroatoms. The molecule has 9 unspecified atom stereocenters. The van der Waals surface area contributed by atoms with Crippen LogP contribution in [0.3, 0.4) is 0 Å². The summed E-state index contributed by atoms with van der Waals surface area (Å²) < 4.78 is 0. The molecule has 0 spiro atoms. The summed E-state index contributed by atoms with van der Waals surface area (Å²) in [5, 5.41) is 91.4. The summed E-state index contributed by atoms with van der Waals surface area (Å²) in [6.45, 7) is 4.05. The van der Waals surface area contributed by atoms with Gasteiger partial charge in [-0.05, 0) is 56.9 Å². The maximum absolute atomic E-state index is 11.7. The zero-order valence-corrected chi connectivity index (χ0v) is 27.9. The number of aliphatic hydroxyl groups is 9. The summed E-state index contributed by atoms with van der Waals surface area (Å²) in [7, 11) is 0. The zero-order chi connectivity index (χ0) is 35.2. The Morgan fingerprint density at radius 2 is 1.11 bits per heavy atom. The van der Waals surface area contributed by atoms with E-state index in [0.717, 1.165) is 5.56 Å². The van der Waals surface area contributed by atoms with Gasteiger partial charge in [-0.15, -0.1) is 0 Å². The van der Waals surface area contributed by atoms with E-state index >= 15 is 0 Å². The normalized spacial score (nSPS) is 18.4. The molecule has 1 aromatic carbocycles. The van der Waals surface area contributed by atoms with Crippen LogP contribution in [0.25, 0.3) is 0 Å². The van der Waals surface area contributed by atoms with Gasteiger partial charge in [0.2, 0.25) is 0 Å². The second kappa shape index (κ2) is 24.8. The van der Waals surface area contributed by atoms with E-state index in [1.807, 2.05) is 30.3 Å². The van der Waals surface area contributed by atoms with E-state index in [-0.39, 0.29) is 69.5 Å². The Labute approximate surface area is 279 Å². The van der Waals surface area contributed by atoms with Gasteiger partial charge >= 0.3 is 0 Å². The third kappa shape index (κ3) is 22.8. The molecule has 47 heavy (non-hydrogen) atoms. The van der Waals surface area contributed by atoms with Crippen LogP contribution in [-0.4, -0.2) is 119 Å². The van der Waals surface area contributed by atoms with Crippen molar-refractivity contribution in [3.05, 3.63) is 60.2 Å². The molecule has 0 fully saturated rings. The molecule has 0 aliphatic carbocycles. The number of Topliss-reactive ketones (excluding diaryl/α,β-unsaturated/α-hetero) is 1. The Hall–Kier alpha value is -2.32. The highest BCUT2D eigenvalue weighted by Crippen LogP contribution is 2.15. The van der Waals surface area contributed by atoms with Crippen LogP contribution in [0.5, 0.6) is 0 Å². The van der Waals surface area contributed by atoms with Crippen LogP contribution in [0, 0.1) is 5.92 Å². The number of hydrogen-bond acceptors (Lipinski definition) is 11. The first kappa shape index (κ1) is 42.7. The average molecular weight is 666 g/mol. The fraction of sp³-hybridized carbons (Fsp3) is 0.667. The van der Waals surface area contributed by atoms with Crippen LogP contribution >= 0.6 is 0 Å². The molecular weight excluding hydrogens is 606 g/mol. The summed E-state index contributed by atoms with van der Waals surface area (Å²) in [6.07, 6.45) is 0.772. The molecule has 0 radical (unpaired) electrons. The van der Waals surface area contributed by atoms with E-state index in [1.165, 1.54) is 18.2 Å². The molecule has 0 saturated heterocycles. The Morgan fingerprint density at radius 1 is 0.638 bits per heavy atom. The second-order valence-corrected chi connectivity index (χ2v) is 12.9. The monoisotopic (exact) mass is 665 g/mol. The van der Waals surface area contributed by atoms with E-state index < -0.39 is 54.9 Å². The van der Waals surface area contributed by atoms with Gasteiger partial charge in [0.1, 0.15) is 5.78 Å². The molecule has 9 atom stereocenters. The standard InChI is InChI=1S/C36H59NO10/c1-25(2)36(47)23-35(46)22-34(45)20-30(41)14-7-13-29(40)19-33(44)21-32(43)18-28(39)12-6-11-27(38)17-31(42)15-8-16-37-24-26-9-4-3-5-10-26/h3-7,9-10,12,14,24-25,27-35,38-46H,8,11,13,15-23H2,1-2H3/b12-6+,14-7+,37-24?. The molecule has 0 aromatic heterocycles. The fourth-order valence-corrected chi connectivity index (χ4v) is 5.03. The van der Waals surface area contributed by atoms with Crippen molar-refractivity contribution in [2.75, 3.05) is 6.54 Å². The number of hydrogen-bond donors (Lipinski definition) is 9. The maximum atomic E-state index is 11.7. The Balaban J connectivity index is 2.22. The topological polar surface area (TPSA) is 212 Å². The Kier molecular flexibility index (Phi) is 22.5. The smallest absolute Gasteiger partial charge is 0.137 e. The summed E-state index contributed by atoms with van der Waals surface area (Å²) in [6, 6.07) is 9.73. The van der Waals surface area contributed by atoms with E-state index in [9.17, 15) is 50.8 Å². The quantitative estimate of drug-likeness (QED) is 0.0399. The molecule has 0 bridgehead atoms. The van der Waals surface area contributed by atoms with Crippen molar-refractivity contribution in [3.8, 4) is 0 Å². The Morgan fingerprint density at radius 3 is 1.64 bits per heavy atom. The maximum Gasteiger partial charge on any atom is 0.137 e. The van der Waals surface area contributed by atoms with E-state index in [0.29, 0.717) is 19.4 Å². The third-order valence-electron chi connectivity index (χ3n) is 7.68. The molecule has 0 heterocycles. The molecule has 1 rings (SSSR count). The van der Waals surface area contributed by atoms with Gasteiger partial charge in [0.15, 0.2) is 0 Å². The first-order chi connectivity index (χ1) is 22.2. The molecule has 1 aromatic rings. The van der Waals surface area contributed by atoms with Gasteiger partial charge in [-0.3, -0.25) is 9.79 Å². The number of carbonyl (C=O) groups excluding carboxylic acids is 1. The number of carbonyl (C=O) groups is 1. The van der Waals surface area contributed by atoms with Gasteiger partial charge in [-0.1, -0.05) is 68.5 Å². The lowest BCUT2D eigenvalue weighted by atomic mass is 9.97. The molecule has 9 N–H and O–H groups in total. The van der Waals surface area contributed by atoms with Crippen LogP contribution in [0.1, 0.15) is 90.0 Å². The summed E-state index contributed by atoms with van der Waals surface area (Å²) in [4.78, 5) is 16.0. The van der Waals surface area contributed by atoms with Gasteiger partial charge < -0.3 is 46.0 Å². The van der Waals surface area contributed by atoms with Crippen LogP contribution in [-0.2, 0) is 4.79 Å². The lowest BCUT2D eigenvalue weighted by Crippen LogP contribution is -2.25. The van der Waals surface area contributed by atoms with Crippen molar-refractivity contribution in [2.24, 2.45) is 10.9 Å². The highest BCUT2D eigenvalue weighted by molar-refractivity contribution is 5.80. The lowest BCUT2D eigenvalue weighted by Gasteiger charge is -2.19. The van der Waals surface area contributed by atoms with Crippen LogP contribution in [0.15, 0.2) is 59.6 Å². The third-order valence-corrected chi connectivity index (χ3v) is 7.68. The molecule has 0 amide bonds. The minimum atomic E-state index is -1.03. The minimum absolute atomic E-state index is 0.0317. The largest absolute Gasteiger partial charge is 0.393 e. The SMILES string of the molecule is CC(C)C(=O)CC(O)CC(O)CC(O)/C=C/CC(O)CC(O)CC(O)CC(O)/C=C/CC(O)CC(O)CCCN=Cc1ccccc1. The van der Waals surface area contributed by atoms with Gasteiger partial charge in [0.05, 0.1) is 54.9 Å². The number of nitrogens with zero attached hydrogens (tertiary/aromatic N) is 1. The van der Waals surface area contributed by atoms with Gasteiger partial charge in [0.25, 0.3) is 0 Å². The number of aliphatic imine (C=N–C) groups is 1. The molecule has 11 nitrogen and oxygen atoms in total. The fourth-order valence-electron chi connectivity index (χ4n) is 5.03. The number of benzene rings is 1. The molecular formula is C36H59NO10. The summed E-state index contributed by atoms with van der Waals surface area (Å²) >= 11 is 0. The minimum Gasteiger partial charge on any atom is -0.393 e. The second-order valence-electron chi connectivity index (χ2n) is 12.9. The van der Waals surface area contributed by atoms with E-state index in [1.54, 1.807) is 26.1 Å². The van der Waals surface area contributed by atoms with Crippen molar-refractivity contribution >= 4 is 12.0 Å². The average Bonchev–Trinajstić information content (AvgIpc) is 2.96. The van der Waals surface area contributed by atoms with Crippen molar-refractivity contribution in [3.63, 3.8) is 0 Å². The molecule has 0 saturated carbocycles. The first-order valence-corrected chi connectivity index (χ1v) is 16.8. The highest BCUT2D eigenvalue weighted by Gasteiger charge is 2.20. The van der Waals surface area contributed by atoms with Crippen LogP contribution in [0.4, 0.5) is 0 Å². The van der Waals surface area contributed by atoms with Crippen LogP contribution in [0.2, 0.25) is 0 Å². The van der Waals surface area contributed by atoms with Crippen molar-refractivity contribution in [1.29, 1.82) is 0 Å². The number of ketones is 1. The zero-order valence-electron chi connectivity index (χ0n) is 27.9. The number of rotatable bonds is 26. The highest BCUT2D eigenvalue weighted by atomic mass is 16.3. The van der Waals surface area contributed by atoms with Crippen LogP contribution < -0.4 is 0 Å². The van der Waals surface area contributed by atoms with E-state index in [4.69, 9.17) is 0 Å². The van der Waals surface area contributed by atoms with Crippen molar-refractivity contribution in [1.82, 2.24) is 0 Å². The molecule has 0 aliphatic rings. The molecule has 0 aliphatic heterocycles. The van der Waals surface area contributed by atoms with Gasteiger partial charge in [0, 0.05) is 37.9 Å². The summed E-state index contributed by atoms with van der Waals surface area (Å²) in [5.41, 5.74) is 1.01. The molecule has 268 valence electrons.